The average molecular weight is 173 g/mol. The highest BCUT2D eigenvalue weighted by Crippen LogP contribution is 2.12. The summed E-state index contributed by atoms with van der Waals surface area (Å²) in [7, 11) is 1.75. The van der Waals surface area contributed by atoms with Crippen LogP contribution in [0.4, 0.5) is 0 Å². The number of morpholine rings is 1. The van der Waals surface area contributed by atoms with Crippen LogP contribution in [-0.2, 0) is 9.47 Å². The van der Waals surface area contributed by atoms with Crippen molar-refractivity contribution in [2.75, 3.05) is 20.2 Å². The van der Waals surface area contributed by atoms with E-state index >= 15 is 0 Å². The zero-order valence-electron chi connectivity index (χ0n) is 8.17. The molecule has 0 radical (unpaired) electrons. The van der Waals surface area contributed by atoms with Crippen molar-refractivity contribution in [3.8, 4) is 0 Å². The van der Waals surface area contributed by atoms with Crippen molar-refractivity contribution >= 4 is 0 Å². The second-order valence-electron chi connectivity index (χ2n) is 3.33. The molecular weight excluding hydrogens is 154 g/mol. The van der Waals surface area contributed by atoms with Crippen LogP contribution in [0.2, 0.25) is 0 Å². The van der Waals surface area contributed by atoms with Gasteiger partial charge in [-0.15, -0.1) is 0 Å². The molecule has 3 unspecified atom stereocenters. The first kappa shape index (κ1) is 9.96. The van der Waals surface area contributed by atoms with E-state index in [1.807, 2.05) is 0 Å². The van der Waals surface area contributed by atoms with Gasteiger partial charge in [-0.1, -0.05) is 6.92 Å². The van der Waals surface area contributed by atoms with Crippen LogP contribution >= 0.6 is 0 Å². The average Bonchev–Trinajstić information content (AvgIpc) is 2.07. The maximum atomic E-state index is 5.74. The molecule has 1 saturated heterocycles. The molecule has 0 bridgehead atoms. The number of methoxy groups -OCH3 is 1. The summed E-state index contributed by atoms with van der Waals surface area (Å²) in [4.78, 5) is 0. The number of rotatable bonds is 3. The van der Waals surface area contributed by atoms with Crippen LogP contribution in [0.1, 0.15) is 20.3 Å². The van der Waals surface area contributed by atoms with Crippen LogP contribution in [-0.4, -0.2) is 38.5 Å². The van der Waals surface area contributed by atoms with E-state index in [4.69, 9.17) is 9.47 Å². The third kappa shape index (κ3) is 2.44. The molecule has 0 saturated carbocycles. The van der Waals surface area contributed by atoms with E-state index in [0.29, 0.717) is 6.10 Å². The fourth-order valence-corrected chi connectivity index (χ4v) is 1.62. The van der Waals surface area contributed by atoms with Gasteiger partial charge in [-0.2, -0.15) is 0 Å². The molecular formula is C9H19NO2. The standard InChI is InChI=1S/C9H19NO2/c1-4-8(11-3)9-6-10-5-7(2)12-9/h7-10H,4-6H2,1-3H3. The van der Waals surface area contributed by atoms with Gasteiger partial charge >= 0.3 is 0 Å². The molecule has 0 aliphatic carbocycles. The van der Waals surface area contributed by atoms with Gasteiger partial charge in [0.15, 0.2) is 0 Å². The number of ether oxygens (including phenoxy) is 2. The Labute approximate surface area is 74.4 Å². The molecule has 12 heavy (non-hydrogen) atoms. The first-order valence-electron chi connectivity index (χ1n) is 4.66. The molecule has 0 amide bonds. The van der Waals surface area contributed by atoms with E-state index in [1.165, 1.54) is 0 Å². The van der Waals surface area contributed by atoms with E-state index in [-0.39, 0.29) is 12.2 Å². The summed E-state index contributed by atoms with van der Waals surface area (Å²) in [5, 5.41) is 3.33. The van der Waals surface area contributed by atoms with E-state index in [0.717, 1.165) is 19.5 Å². The van der Waals surface area contributed by atoms with Crippen LogP contribution in [0.3, 0.4) is 0 Å². The van der Waals surface area contributed by atoms with Gasteiger partial charge in [-0.05, 0) is 13.3 Å². The Hall–Kier alpha value is -0.120. The molecule has 3 atom stereocenters. The second kappa shape index (κ2) is 4.80. The molecule has 3 heteroatoms. The minimum Gasteiger partial charge on any atom is -0.379 e. The van der Waals surface area contributed by atoms with Crippen LogP contribution in [0.25, 0.3) is 0 Å². The van der Waals surface area contributed by atoms with Crippen LogP contribution in [0, 0.1) is 0 Å². The molecule has 1 N–H and O–H groups in total. The maximum absolute atomic E-state index is 5.74. The fourth-order valence-electron chi connectivity index (χ4n) is 1.62. The highest BCUT2D eigenvalue weighted by atomic mass is 16.5. The van der Waals surface area contributed by atoms with Gasteiger partial charge in [-0.25, -0.2) is 0 Å². The Morgan fingerprint density at radius 2 is 2.33 bits per heavy atom. The van der Waals surface area contributed by atoms with Crippen molar-refractivity contribution in [1.82, 2.24) is 5.32 Å². The van der Waals surface area contributed by atoms with Gasteiger partial charge in [0.25, 0.3) is 0 Å². The molecule has 1 fully saturated rings. The molecule has 3 nitrogen and oxygen atoms in total. The first-order valence-corrected chi connectivity index (χ1v) is 4.66. The zero-order chi connectivity index (χ0) is 8.97. The SMILES string of the molecule is CCC(OC)C1CNCC(C)O1. The lowest BCUT2D eigenvalue weighted by atomic mass is 10.1. The summed E-state index contributed by atoms with van der Waals surface area (Å²) in [6, 6.07) is 0. The molecule has 0 aromatic carbocycles. The normalized spacial score (nSPS) is 33.2. The maximum Gasteiger partial charge on any atom is 0.0964 e. The molecule has 72 valence electrons. The van der Waals surface area contributed by atoms with Gasteiger partial charge in [0.05, 0.1) is 18.3 Å². The molecule has 1 rings (SSSR count). The summed E-state index contributed by atoms with van der Waals surface area (Å²) >= 11 is 0. The largest absolute Gasteiger partial charge is 0.379 e. The van der Waals surface area contributed by atoms with Gasteiger partial charge in [0, 0.05) is 20.2 Å². The van der Waals surface area contributed by atoms with Crippen LogP contribution in [0.5, 0.6) is 0 Å². The lowest BCUT2D eigenvalue weighted by Crippen LogP contribution is -2.49. The number of nitrogens with one attached hydrogen (secondary N) is 1. The van der Waals surface area contributed by atoms with Crippen molar-refractivity contribution in [3.05, 3.63) is 0 Å². The van der Waals surface area contributed by atoms with Crippen molar-refractivity contribution < 1.29 is 9.47 Å². The second-order valence-corrected chi connectivity index (χ2v) is 3.33. The highest BCUT2D eigenvalue weighted by molar-refractivity contribution is 4.78. The van der Waals surface area contributed by atoms with Crippen molar-refractivity contribution in [3.63, 3.8) is 0 Å². The van der Waals surface area contributed by atoms with Crippen molar-refractivity contribution in [2.24, 2.45) is 0 Å². The Kier molecular flexibility index (Phi) is 3.98. The minimum atomic E-state index is 0.226. The Morgan fingerprint density at radius 3 is 2.83 bits per heavy atom. The summed E-state index contributed by atoms with van der Waals surface area (Å²) < 4.78 is 11.1. The zero-order valence-corrected chi connectivity index (χ0v) is 8.17. The predicted octanol–water partition coefficient (Wildman–Crippen LogP) is 0.788. The fraction of sp³-hybridized carbons (Fsp3) is 1.00. The third-order valence-electron chi connectivity index (χ3n) is 2.30. The monoisotopic (exact) mass is 173 g/mol. The van der Waals surface area contributed by atoms with Crippen LogP contribution < -0.4 is 5.32 Å². The van der Waals surface area contributed by atoms with E-state index in [2.05, 4.69) is 19.2 Å². The Morgan fingerprint density at radius 1 is 1.58 bits per heavy atom. The predicted molar refractivity (Wildman–Crippen MR) is 48.3 cm³/mol. The topological polar surface area (TPSA) is 30.5 Å². The smallest absolute Gasteiger partial charge is 0.0964 e. The highest BCUT2D eigenvalue weighted by Gasteiger charge is 2.25. The molecule has 1 aliphatic heterocycles. The molecule has 0 aromatic rings. The quantitative estimate of drug-likeness (QED) is 0.684. The van der Waals surface area contributed by atoms with E-state index in [9.17, 15) is 0 Å². The summed E-state index contributed by atoms with van der Waals surface area (Å²) in [6.45, 7) is 6.08. The summed E-state index contributed by atoms with van der Waals surface area (Å²) in [6.07, 6.45) is 1.78. The minimum absolute atomic E-state index is 0.226. The molecule has 1 aliphatic rings. The molecule has 0 spiro atoms. The van der Waals surface area contributed by atoms with Gasteiger partial charge in [0.1, 0.15) is 0 Å². The van der Waals surface area contributed by atoms with Gasteiger partial charge < -0.3 is 14.8 Å². The number of hydrogen-bond acceptors (Lipinski definition) is 3. The Bertz CT molecular complexity index is 126. The van der Waals surface area contributed by atoms with Crippen molar-refractivity contribution in [2.45, 2.75) is 38.6 Å². The molecule has 0 aromatic heterocycles. The van der Waals surface area contributed by atoms with Crippen LogP contribution in [0.15, 0.2) is 0 Å². The number of hydrogen-bond donors (Lipinski definition) is 1. The summed E-state index contributed by atoms with van der Waals surface area (Å²) in [5.41, 5.74) is 0. The van der Waals surface area contributed by atoms with E-state index in [1.54, 1.807) is 7.11 Å². The first-order chi connectivity index (χ1) is 5.77. The third-order valence-corrected chi connectivity index (χ3v) is 2.30. The van der Waals surface area contributed by atoms with Gasteiger partial charge in [0.2, 0.25) is 0 Å². The Balaban J connectivity index is 2.38. The van der Waals surface area contributed by atoms with Gasteiger partial charge in [-0.3, -0.25) is 0 Å². The lowest BCUT2D eigenvalue weighted by molar-refractivity contribution is -0.101. The van der Waals surface area contributed by atoms with Crippen molar-refractivity contribution in [1.29, 1.82) is 0 Å². The molecule has 1 heterocycles. The van der Waals surface area contributed by atoms with E-state index < -0.39 is 0 Å². The summed E-state index contributed by atoms with van der Waals surface area (Å²) in [5.74, 6) is 0. The lowest BCUT2D eigenvalue weighted by Gasteiger charge is -2.33.